The third kappa shape index (κ3) is 4.79. The van der Waals surface area contributed by atoms with Crippen molar-refractivity contribution in [3.8, 4) is 12.1 Å². The van der Waals surface area contributed by atoms with Crippen molar-refractivity contribution in [1.29, 1.82) is 10.5 Å². The van der Waals surface area contributed by atoms with Gasteiger partial charge in [0.05, 0.1) is 11.1 Å². The van der Waals surface area contributed by atoms with Crippen LogP contribution in [0.5, 0.6) is 0 Å². The Morgan fingerprint density at radius 2 is 1.88 bits per heavy atom. The molecule has 0 aromatic heterocycles. The second-order valence-corrected chi connectivity index (χ2v) is 5.53. The third-order valence-corrected chi connectivity index (χ3v) is 3.91. The first-order valence-electron chi connectivity index (χ1n) is 7.81. The molecule has 1 saturated heterocycles. The van der Waals surface area contributed by atoms with E-state index in [9.17, 15) is 9.59 Å². The number of ether oxygens (including phenoxy) is 1. The minimum absolute atomic E-state index is 0.142. The van der Waals surface area contributed by atoms with Gasteiger partial charge in [0.2, 0.25) is 5.91 Å². The van der Waals surface area contributed by atoms with Crippen molar-refractivity contribution in [3.63, 3.8) is 0 Å². The van der Waals surface area contributed by atoms with E-state index in [1.807, 2.05) is 12.1 Å². The lowest BCUT2D eigenvalue weighted by molar-refractivity contribution is -0.145. The van der Waals surface area contributed by atoms with Crippen molar-refractivity contribution < 1.29 is 14.3 Å². The molecule has 1 aliphatic heterocycles. The number of likely N-dealkylation sites (tertiary alicyclic amines) is 1. The van der Waals surface area contributed by atoms with Gasteiger partial charge in [-0.3, -0.25) is 4.79 Å². The lowest BCUT2D eigenvalue weighted by Crippen LogP contribution is -2.40. The number of benzene rings is 1. The summed E-state index contributed by atoms with van der Waals surface area (Å²) in [7, 11) is 0. The molecule has 2 rings (SSSR count). The highest BCUT2D eigenvalue weighted by molar-refractivity contribution is 5.92. The molecule has 1 aromatic carbocycles. The molecule has 0 radical (unpaired) electrons. The number of nitriles is 2. The lowest BCUT2D eigenvalue weighted by Gasteiger charge is -2.30. The Bertz CT molecular complexity index is 791. The van der Waals surface area contributed by atoms with E-state index in [2.05, 4.69) is 6.58 Å². The van der Waals surface area contributed by atoms with Gasteiger partial charge in [-0.05, 0) is 23.8 Å². The number of piperidine rings is 1. The predicted octanol–water partition coefficient (Wildman–Crippen LogP) is 2.16. The number of amides is 1. The number of hydrogen-bond acceptors (Lipinski definition) is 5. The Morgan fingerprint density at radius 3 is 2.48 bits per heavy atom. The number of rotatable bonds is 4. The first-order valence-corrected chi connectivity index (χ1v) is 7.81. The van der Waals surface area contributed by atoms with E-state index in [4.69, 9.17) is 15.3 Å². The molecule has 0 saturated carbocycles. The highest BCUT2D eigenvalue weighted by Crippen LogP contribution is 2.16. The Balaban J connectivity index is 1.94. The van der Waals surface area contributed by atoms with Crippen molar-refractivity contribution >= 4 is 18.0 Å². The van der Waals surface area contributed by atoms with Gasteiger partial charge in [0.1, 0.15) is 18.2 Å². The van der Waals surface area contributed by atoms with Crippen molar-refractivity contribution in [2.45, 2.75) is 18.9 Å². The van der Waals surface area contributed by atoms with E-state index in [0.29, 0.717) is 37.1 Å². The summed E-state index contributed by atoms with van der Waals surface area (Å²) in [5.74, 6) is -0.588. The molecular weight excluding hydrogens is 318 g/mol. The van der Waals surface area contributed by atoms with Crippen LogP contribution in [0.1, 0.15) is 29.5 Å². The Morgan fingerprint density at radius 1 is 1.20 bits per heavy atom. The number of nitrogens with zero attached hydrogens (tertiary/aromatic N) is 3. The number of carbonyl (C=O) groups excluding carboxylic acids is 2. The summed E-state index contributed by atoms with van der Waals surface area (Å²) in [6.07, 6.45) is 5.19. The first-order chi connectivity index (χ1) is 12.1. The summed E-state index contributed by atoms with van der Waals surface area (Å²) in [5, 5.41) is 17.9. The van der Waals surface area contributed by atoms with Gasteiger partial charge in [-0.1, -0.05) is 12.6 Å². The maximum atomic E-state index is 12.2. The van der Waals surface area contributed by atoms with Crippen LogP contribution in [0.25, 0.3) is 6.08 Å². The summed E-state index contributed by atoms with van der Waals surface area (Å²) in [5.41, 5.74) is 1.27. The molecule has 0 bridgehead atoms. The Labute approximate surface area is 146 Å². The van der Waals surface area contributed by atoms with Gasteiger partial charge in [-0.25, -0.2) is 4.79 Å². The Hall–Kier alpha value is -3.38. The van der Waals surface area contributed by atoms with Crippen LogP contribution in [0.4, 0.5) is 0 Å². The zero-order valence-corrected chi connectivity index (χ0v) is 13.6. The fourth-order valence-electron chi connectivity index (χ4n) is 2.53. The number of carbonyl (C=O) groups is 2. The second kappa shape index (κ2) is 8.47. The van der Waals surface area contributed by atoms with Gasteiger partial charge < -0.3 is 9.64 Å². The summed E-state index contributed by atoms with van der Waals surface area (Å²) in [6, 6.07) is 8.73. The molecule has 6 nitrogen and oxygen atoms in total. The van der Waals surface area contributed by atoms with Crippen molar-refractivity contribution in [2.24, 2.45) is 0 Å². The van der Waals surface area contributed by atoms with Crippen LogP contribution in [0.15, 0.2) is 36.9 Å². The lowest BCUT2D eigenvalue weighted by atomic mass is 10.0. The molecule has 1 heterocycles. The molecular formula is C19H17N3O3. The topological polar surface area (TPSA) is 94.2 Å². The zero-order chi connectivity index (χ0) is 18.2. The van der Waals surface area contributed by atoms with Gasteiger partial charge in [-0.15, -0.1) is 0 Å². The van der Waals surface area contributed by atoms with Gasteiger partial charge >= 0.3 is 5.97 Å². The van der Waals surface area contributed by atoms with Gasteiger partial charge in [0.15, 0.2) is 0 Å². The van der Waals surface area contributed by atoms with Crippen LogP contribution < -0.4 is 0 Å². The highest BCUT2D eigenvalue weighted by Gasteiger charge is 2.23. The predicted molar refractivity (Wildman–Crippen MR) is 90.8 cm³/mol. The van der Waals surface area contributed by atoms with Crippen LogP contribution in [0.3, 0.4) is 0 Å². The third-order valence-electron chi connectivity index (χ3n) is 3.91. The molecule has 1 fully saturated rings. The summed E-state index contributed by atoms with van der Waals surface area (Å²) in [4.78, 5) is 25.1. The van der Waals surface area contributed by atoms with Crippen molar-refractivity contribution in [2.75, 3.05) is 13.1 Å². The molecule has 0 unspecified atom stereocenters. The van der Waals surface area contributed by atoms with E-state index < -0.39 is 5.97 Å². The normalized spacial score (nSPS) is 14.6. The summed E-state index contributed by atoms with van der Waals surface area (Å²) in [6.45, 7) is 4.38. The zero-order valence-electron chi connectivity index (χ0n) is 13.6. The van der Waals surface area contributed by atoms with E-state index in [-0.39, 0.29) is 17.6 Å². The average molecular weight is 335 g/mol. The molecule has 25 heavy (non-hydrogen) atoms. The summed E-state index contributed by atoms with van der Waals surface area (Å²) < 4.78 is 5.18. The standard InChI is InChI=1S/C19H17N3O3/c1-2-19(24)25-17-7-9-22(10-8-17)18(23)6-4-14-3-5-15(12-20)16(11-14)13-21/h2-6,11,17H,1,7-10H2/b6-4+. The largest absolute Gasteiger partial charge is 0.459 e. The number of hydrogen-bond donors (Lipinski definition) is 0. The second-order valence-electron chi connectivity index (χ2n) is 5.53. The fraction of sp³-hybridized carbons (Fsp3) is 0.263. The van der Waals surface area contributed by atoms with E-state index >= 15 is 0 Å². The Kier molecular flexibility index (Phi) is 6.08. The summed E-state index contributed by atoms with van der Waals surface area (Å²) >= 11 is 0. The maximum absolute atomic E-state index is 12.2. The quantitative estimate of drug-likeness (QED) is 0.621. The van der Waals surface area contributed by atoms with Crippen LogP contribution >= 0.6 is 0 Å². The molecule has 6 heteroatoms. The fourth-order valence-corrected chi connectivity index (χ4v) is 2.53. The molecule has 0 atom stereocenters. The van der Waals surface area contributed by atoms with E-state index in [0.717, 1.165) is 6.08 Å². The van der Waals surface area contributed by atoms with Crippen LogP contribution in [0.2, 0.25) is 0 Å². The first kappa shape index (κ1) is 18.0. The molecule has 0 spiro atoms. The highest BCUT2D eigenvalue weighted by atomic mass is 16.5. The molecule has 0 N–H and O–H groups in total. The van der Waals surface area contributed by atoms with Crippen LogP contribution in [-0.2, 0) is 14.3 Å². The van der Waals surface area contributed by atoms with Crippen molar-refractivity contribution in [3.05, 3.63) is 53.6 Å². The number of esters is 1. The maximum Gasteiger partial charge on any atom is 0.330 e. The average Bonchev–Trinajstić information content (AvgIpc) is 2.66. The monoisotopic (exact) mass is 335 g/mol. The van der Waals surface area contributed by atoms with Crippen molar-refractivity contribution in [1.82, 2.24) is 4.90 Å². The molecule has 126 valence electrons. The van der Waals surface area contributed by atoms with Crippen LogP contribution in [-0.4, -0.2) is 36.0 Å². The van der Waals surface area contributed by atoms with Gasteiger partial charge in [0.25, 0.3) is 0 Å². The van der Waals surface area contributed by atoms with E-state index in [1.165, 1.54) is 6.08 Å². The molecule has 1 aromatic rings. The molecule has 1 aliphatic rings. The van der Waals surface area contributed by atoms with Gasteiger partial charge in [0, 0.05) is 38.1 Å². The molecule has 0 aliphatic carbocycles. The smallest absolute Gasteiger partial charge is 0.330 e. The minimum atomic E-state index is -0.446. The van der Waals surface area contributed by atoms with E-state index in [1.54, 1.807) is 29.2 Å². The van der Waals surface area contributed by atoms with Gasteiger partial charge in [-0.2, -0.15) is 10.5 Å². The SMILES string of the molecule is C=CC(=O)OC1CCN(C(=O)/C=C/c2ccc(C#N)c(C#N)c2)CC1. The van der Waals surface area contributed by atoms with Crippen LogP contribution in [0, 0.1) is 22.7 Å². The minimum Gasteiger partial charge on any atom is -0.459 e. The molecule has 1 amide bonds.